The lowest BCUT2D eigenvalue weighted by Crippen LogP contribution is -2.38. The third-order valence-corrected chi connectivity index (χ3v) is 3.59. The molecule has 1 fully saturated rings. The summed E-state index contributed by atoms with van der Waals surface area (Å²) in [6.45, 7) is 3.33. The van der Waals surface area contributed by atoms with Crippen molar-refractivity contribution in [1.29, 1.82) is 0 Å². The molecule has 0 unspecified atom stereocenters. The summed E-state index contributed by atoms with van der Waals surface area (Å²) in [5, 5.41) is 9.44. The number of aliphatic hydroxyl groups excluding tert-OH is 1. The molecular formula is C14H20N2O2S. The molecule has 104 valence electrons. The first-order valence-electron chi connectivity index (χ1n) is 6.59. The van der Waals surface area contributed by atoms with Crippen molar-refractivity contribution in [3.63, 3.8) is 0 Å². The van der Waals surface area contributed by atoms with E-state index in [-0.39, 0.29) is 6.10 Å². The second kappa shape index (κ2) is 6.84. The van der Waals surface area contributed by atoms with E-state index < -0.39 is 0 Å². The number of nitrogens with two attached hydrogens (primary N) is 1. The Morgan fingerprint density at radius 2 is 2.05 bits per heavy atom. The number of ether oxygens (including phenoxy) is 1. The van der Waals surface area contributed by atoms with Crippen LogP contribution in [-0.4, -0.2) is 47.3 Å². The van der Waals surface area contributed by atoms with Crippen molar-refractivity contribution in [2.75, 3.05) is 26.2 Å². The van der Waals surface area contributed by atoms with Gasteiger partial charge in [0, 0.05) is 19.6 Å². The molecule has 3 N–H and O–H groups in total. The first kappa shape index (κ1) is 14.2. The molecule has 0 saturated carbocycles. The molecule has 1 heterocycles. The van der Waals surface area contributed by atoms with Crippen molar-refractivity contribution in [2.24, 2.45) is 5.73 Å². The van der Waals surface area contributed by atoms with E-state index in [2.05, 4.69) is 4.90 Å². The van der Waals surface area contributed by atoms with Crippen LogP contribution in [0.5, 0.6) is 5.75 Å². The van der Waals surface area contributed by atoms with Gasteiger partial charge in [-0.3, -0.25) is 4.90 Å². The van der Waals surface area contributed by atoms with E-state index in [1.54, 1.807) is 0 Å². The largest absolute Gasteiger partial charge is 0.492 e. The molecule has 0 amide bonds. The Labute approximate surface area is 119 Å². The summed E-state index contributed by atoms with van der Waals surface area (Å²) >= 11 is 5.00. The van der Waals surface area contributed by atoms with Crippen LogP contribution >= 0.6 is 12.2 Å². The molecule has 1 aromatic carbocycles. The topological polar surface area (TPSA) is 58.7 Å². The summed E-state index contributed by atoms with van der Waals surface area (Å²) in [7, 11) is 0. The smallest absolute Gasteiger partial charge is 0.129 e. The van der Waals surface area contributed by atoms with Gasteiger partial charge in [0.05, 0.1) is 11.7 Å². The van der Waals surface area contributed by atoms with Gasteiger partial charge in [-0.25, -0.2) is 0 Å². The summed E-state index contributed by atoms with van der Waals surface area (Å²) in [4.78, 5) is 2.66. The molecular weight excluding hydrogens is 260 g/mol. The number of aliphatic hydroxyl groups is 1. The van der Waals surface area contributed by atoms with Gasteiger partial charge >= 0.3 is 0 Å². The Balaban J connectivity index is 1.81. The average Bonchev–Trinajstić information content (AvgIpc) is 2.41. The van der Waals surface area contributed by atoms with E-state index in [4.69, 9.17) is 22.7 Å². The summed E-state index contributed by atoms with van der Waals surface area (Å²) in [5.74, 6) is 0.743. The predicted octanol–water partition coefficient (Wildman–Crippen LogP) is 1.16. The number of benzene rings is 1. The van der Waals surface area contributed by atoms with E-state index in [0.717, 1.165) is 43.8 Å². The Kier molecular flexibility index (Phi) is 5.13. The lowest BCUT2D eigenvalue weighted by molar-refractivity contribution is 0.0755. The first-order chi connectivity index (χ1) is 9.16. The minimum atomic E-state index is -0.132. The van der Waals surface area contributed by atoms with Crippen LogP contribution in [0.2, 0.25) is 0 Å². The lowest BCUT2D eigenvalue weighted by atomic mass is 10.1. The molecule has 1 aliphatic rings. The van der Waals surface area contributed by atoms with Crippen LogP contribution in [0.4, 0.5) is 0 Å². The van der Waals surface area contributed by atoms with Crippen molar-refractivity contribution in [1.82, 2.24) is 4.90 Å². The van der Waals surface area contributed by atoms with Gasteiger partial charge in [0.2, 0.25) is 0 Å². The molecule has 0 spiro atoms. The van der Waals surface area contributed by atoms with Gasteiger partial charge in [0.15, 0.2) is 0 Å². The highest BCUT2D eigenvalue weighted by Gasteiger charge is 2.16. The predicted molar refractivity (Wildman–Crippen MR) is 79.5 cm³/mol. The van der Waals surface area contributed by atoms with E-state index in [9.17, 15) is 5.11 Å². The van der Waals surface area contributed by atoms with Gasteiger partial charge < -0.3 is 15.6 Å². The SMILES string of the molecule is NC(=S)c1ccccc1OCCN1CCC(O)CC1. The maximum absolute atomic E-state index is 9.44. The minimum Gasteiger partial charge on any atom is -0.492 e. The zero-order valence-electron chi connectivity index (χ0n) is 10.9. The minimum absolute atomic E-state index is 0.132. The summed E-state index contributed by atoms with van der Waals surface area (Å²) in [6.07, 6.45) is 1.57. The maximum atomic E-state index is 9.44. The molecule has 1 aliphatic heterocycles. The highest BCUT2D eigenvalue weighted by molar-refractivity contribution is 7.80. The Hall–Kier alpha value is -1.17. The lowest BCUT2D eigenvalue weighted by Gasteiger charge is -2.29. The van der Waals surface area contributed by atoms with Crippen molar-refractivity contribution >= 4 is 17.2 Å². The fourth-order valence-corrected chi connectivity index (χ4v) is 2.39. The van der Waals surface area contributed by atoms with Gasteiger partial charge in [-0.2, -0.15) is 0 Å². The van der Waals surface area contributed by atoms with Crippen LogP contribution in [0, 0.1) is 0 Å². The standard InChI is InChI=1S/C14H20N2O2S/c15-14(19)12-3-1-2-4-13(12)18-10-9-16-7-5-11(17)6-8-16/h1-4,11,17H,5-10H2,(H2,15,19). The Morgan fingerprint density at radius 1 is 1.37 bits per heavy atom. The van der Waals surface area contributed by atoms with Crippen LogP contribution in [0.1, 0.15) is 18.4 Å². The fourth-order valence-electron chi connectivity index (χ4n) is 2.22. The second-order valence-electron chi connectivity index (χ2n) is 4.78. The fraction of sp³-hybridized carbons (Fsp3) is 0.500. The molecule has 0 atom stereocenters. The molecule has 0 bridgehead atoms. The monoisotopic (exact) mass is 280 g/mol. The van der Waals surface area contributed by atoms with Crippen molar-refractivity contribution in [3.8, 4) is 5.75 Å². The highest BCUT2D eigenvalue weighted by Crippen LogP contribution is 2.18. The van der Waals surface area contributed by atoms with Gasteiger partial charge in [-0.05, 0) is 25.0 Å². The van der Waals surface area contributed by atoms with Crippen LogP contribution in [0.15, 0.2) is 24.3 Å². The Bertz CT molecular complexity index is 431. The van der Waals surface area contributed by atoms with Gasteiger partial charge in [0.25, 0.3) is 0 Å². The average molecular weight is 280 g/mol. The second-order valence-corrected chi connectivity index (χ2v) is 5.22. The van der Waals surface area contributed by atoms with Crippen molar-refractivity contribution < 1.29 is 9.84 Å². The van der Waals surface area contributed by atoms with E-state index in [1.807, 2.05) is 24.3 Å². The van der Waals surface area contributed by atoms with E-state index >= 15 is 0 Å². The third-order valence-electron chi connectivity index (χ3n) is 3.37. The van der Waals surface area contributed by atoms with E-state index in [1.165, 1.54) is 0 Å². The number of hydrogen-bond donors (Lipinski definition) is 2. The number of thiocarbonyl (C=S) groups is 1. The molecule has 1 saturated heterocycles. The van der Waals surface area contributed by atoms with Crippen LogP contribution in [0.3, 0.4) is 0 Å². The summed E-state index contributed by atoms with van der Waals surface area (Å²) < 4.78 is 5.76. The number of para-hydroxylation sites is 1. The molecule has 1 aromatic rings. The van der Waals surface area contributed by atoms with Crippen LogP contribution in [0.25, 0.3) is 0 Å². The molecule has 2 rings (SSSR count). The van der Waals surface area contributed by atoms with Crippen molar-refractivity contribution in [2.45, 2.75) is 18.9 Å². The highest BCUT2D eigenvalue weighted by atomic mass is 32.1. The normalized spacial score (nSPS) is 17.3. The van der Waals surface area contributed by atoms with Crippen LogP contribution in [-0.2, 0) is 0 Å². The zero-order valence-corrected chi connectivity index (χ0v) is 11.7. The molecule has 0 aromatic heterocycles. The zero-order chi connectivity index (χ0) is 13.7. The number of piperidine rings is 1. The van der Waals surface area contributed by atoms with E-state index in [0.29, 0.717) is 11.6 Å². The molecule has 19 heavy (non-hydrogen) atoms. The summed E-state index contributed by atoms with van der Waals surface area (Å²) in [6, 6.07) is 7.56. The van der Waals surface area contributed by atoms with Gasteiger partial charge in [0.1, 0.15) is 17.3 Å². The number of nitrogens with zero attached hydrogens (tertiary/aromatic N) is 1. The Morgan fingerprint density at radius 3 is 2.74 bits per heavy atom. The number of hydrogen-bond acceptors (Lipinski definition) is 4. The summed E-state index contributed by atoms with van der Waals surface area (Å²) in [5.41, 5.74) is 6.44. The molecule has 5 heteroatoms. The number of rotatable bonds is 5. The quantitative estimate of drug-likeness (QED) is 0.793. The maximum Gasteiger partial charge on any atom is 0.129 e. The van der Waals surface area contributed by atoms with Crippen molar-refractivity contribution in [3.05, 3.63) is 29.8 Å². The molecule has 0 radical (unpaired) electrons. The first-order valence-corrected chi connectivity index (χ1v) is 6.99. The molecule has 0 aliphatic carbocycles. The van der Waals surface area contributed by atoms with Crippen LogP contribution < -0.4 is 10.5 Å². The number of likely N-dealkylation sites (tertiary alicyclic amines) is 1. The third kappa shape index (κ3) is 4.16. The van der Waals surface area contributed by atoms with Gasteiger partial charge in [-0.1, -0.05) is 24.4 Å². The van der Waals surface area contributed by atoms with Gasteiger partial charge in [-0.15, -0.1) is 0 Å². The molecule has 4 nitrogen and oxygen atoms in total.